The Morgan fingerprint density at radius 1 is 1.00 bits per heavy atom. The number of hydrogen-bond donors (Lipinski definition) is 3. The molecule has 0 aliphatic carbocycles. The third-order valence-electron chi connectivity index (χ3n) is 3.83. The molecular weight excluding hydrogens is 324 g/mol. The number of H-pyrrole nitrogens is 1. The number of benzene rings is 2. The molecule has 0 fully saturated rings. The molecule has 132 valence electrons. The van der Waals surface area contributed by atoms with Gasteiger partial charge in [0, 0.05) is 11.5 Å². The maximum atomic E-state index is 5.70. The highest BCUT2D eigenvalue weighted by Crippen LogP contribution is 2.23. The molecule has 4 N–H and O–H groups in total. The van der Waals surface area contributed by atoms with Crippen LogP contribution in [0, 0.1) is 6.92 Å². The molecule has 0 radical (unpaired) electrons. The zero-order chi connectivity index (χ0) is 18.4. The van der Waals surface area contributed by atoms with Crippen molar-refractivity contribution in [3.05, 3.63) is 71.9 Å². The highest BCUT2D eigenvalue weighted by Gasteiger charge is 2.06. The van der Waals surface area contributed by atoms with E-state index < -0.39 is 0 Å². The lowest BCUT2D eigenvalue weighted by atomic mass is 10.2. The molecule has 0 atom stereocenters. The fraction of sp³-hybridized carbons (Fsp3) is 0.150. The van der Waals surface area contributed by atoms with E-state index in [1.165, 1.54) is 5.56 Å². The van der Waals surface area contributed by atoms with Crippen LogP contribution in [0.3, 0.4) is 0 Å². The van der Waals surface area contributed by atoms with Crippen LogP contribution in [0.15, 0.2) is 60.7 Å². The van der Waals surface area contributed by atoms with Crippen molar-refractivity contribution in [1.29, 1.82) is 0 Å². The lowest BCUT2D eigenvalue weighted by Crippen LogP contribution is -2.01. The van der Waals surface area contributed by atoms with E-state index in [1.807, 2.05) is 43.3 Å². The Hall–Kier alpha value is -3.41. The van der Waals surface area contributed by atoms with Crippen LogP contribution >= 0.6 is 0 Å². The van der Waals surface area contributed by atoms with Crippen LogP contribution < -0.4 is 11.1 Å². The van der Waals surface area contributed by atoms with Gasteiger partial charge in [0.25, 0.3) is 0 Å². The molecule has 4 aromatic rings. The standard InChI is InChI=1S/C12H12N6.C8H10/c1-7-6-10(18-17-7)15-11-8-4-2-3-5-9(8)14-12(13)16-11;1-2-8-6-4-3-5-7-8/h2-6H,1H3,(H4,13,14,15,16,17,18);3-7H,2H2,1H3. The molecule has 0 bridgehead atoms. The van der Waals surface area contributed by atoms with Gasteiger partial charge in [-0.3, -0.25) is 5.10 Å². The van der Waals surface area contributed by atoms with Gasteiger partial charge in [0.15, 0.2) is 0 Å². The van der Waals surface area contributed by atoms with Crippen molar-refractivity contribution in [2.45, 2.75) is 20.3 Å². The summed E-state index contributed by atoms with van der Waals surface area (Å²) in [7, 11) is 0. The Bertz CT molecular complexity index is 978. The van der Waals surface area contributed by atoms with Crippen molar-refractivity contribution in [2.24, 2.45) is 0 Å². The minimum absolute atomic E-state index is 0.243. The Morgan fingerprint density at radius 2 is 1.73 bits per heavy atom. The van der Waals surface area contributed by atoms with E-state index in [0.717, 1.165) is 28.8 Å². The topological polar surface area (TPSA) is 92.5 Å². The van der Waals surface area contributed by atoms with Gasteiger partial charge in [0.05, 0.1) is 11.2 Å². The number of aryl methyl sites for hydroxylation is 2. The smallest absolute Gasteiger partial charge is 0.222 e. The summed E-state index contributed by atoms with van der Waals surface area (Å²) in [6.07, 6.45) is 1.14. The molecule has 6 heteroatoms. The summed E-state index contributed by atoms with van der Waals surface area (Å²) in [5, 5.41) is 11.0. The fourth-order valence-corrected chi connectivity index (χ4v) is 2.52. The van der Waals surface area contributed by atoms with Gasteiger partial charge in [-0.15, -0.1) is 0 Å². The number of anilines is 3. The summed E-state index contributed by atoms with van der Waals surface area (Å²) in [6.45, 7) is 4.07. The van der Waals surface area contributed by atoms with E-state index in [1.54, 1.807) is 0 Å². The zero-order valence-corrected chi connectivity index (χ0v) is 14.9. The van der Waals surface area contributed by atoms with E-state index >= 15 is 0 Å². The van der Waals surface area contributed by atoms with Crippen LogP contribution in [0.1, 0.15) is 18.2 Å². The molecule has 0 aliphatic rings. The summed E-state index contributed by atoms with van der Waals surface area (Å²) in [4.78, 5) is 8.40. The fourth-order valence-electron chi connectivity index (χ4n) is 2.52. The average Bonchev–Trinajstić information content (AvgIpc) is 3.07. The number of nitrogen functional groups attached to an aromatic ring is 1. The second-order valence-corrected chi connectivity index (χ2v) is 5.83. The van der Waals surface area contributed by atoms with E-state index in [4.69, 9.17) is 5.73 Å². The van der Waals surface area contributed by atoms with E-state index in [9.17, 15) is 0 Å². The number of rotatable bonds is 3. The molecular formula is C20H22N6. The lowest BCUT2D eigenvalue weighted by Gasteiger charge is -2.07. The number of nitrogens with one attached hydrogen (secondary N) is 2. The molecule has 2 aromatic carbocycles. The molecule has 4 rings (SSSR count). The third kappa shape index (κ3) is 4.36. The average molecular weight is 346 g/mol. The monoisotopic (exact) mass is 346 g/mol. The van der Waals surface area contributed by atoms with E-state index in [-0.39, 0.29) is 5.95 Å². The first kappa shape index (κ1) is 17.4. The Labute approximate surface area is 152 Å². The van der Waals surface area contributed by atoms with Crippen LogP contribution in [0.2, 0.25) is 0 Å². The molecule has 0 saturated heterocycles. The SMILES string of the molecule is CCc1ccccc1.Cc1cc(Nc2nc(N)nc3ccccc23)[nH]n1. The van der Waals surface area contributed by atoms with Gasteiger partial charge >= 0.3 is 0 Å². The third-order valence-corrected chi connectivity index (χ3v) is 3.83. The van der Waals surface area contributed by atoms with Gasteiger partial charge in [0.2, 0.25) is 5.95 Å². The highest BCUT2D eigenvalue weighted by molar-refractivity contribution is 5.91. The molecule has 2 aromatic heterocycles. The molecule has 0 unspecified atom stereocenters. The highest BCUT2D eigenvalue weighted by atomic mass is 15.2. The summed E-state index contributed by atoms with van der Waals surface area (Å²) in [5.74, 6) is 1.69. The van der Waals surface area contributed by atoms with Gasteiger partial charge in [0.1, 0.15) is 11.6 Å². The van der Waals surface area contributed by atoms with Crippen LogP contribution in [-0.4, -0.2) is 20.2 Å². The quantitative estimate of drug-likeness (QED) is 0.516. The van der Waals surface area contributed by atoms with Crippen molar-refractivity contribution in [3.8, 4) is 0 Å². The number of aromatic nitrogens is 4. The summed E-state index contributed by atoms with van der Waals surface area (Å²) >= 11 is 0. The molecule has 6 nitrogen and oxygen atoms in total. The largest absolute Gasteiger partial charge is 0.368 e. The second kappa shape index (κ2) is 8.11. The van der Waals surface area contributed by atoms with Crippen LogP contribution in [-0.2, 0) is 6.42 Å². The number of fused-ring (bicyclic) bond motifs is 1. The molecule has 0 aliphatic heterocycles. The van der Waals surface area contributed by atoms with Crippen LogP contribution in [0.25, 0.3) is 10.9 Å². The van der Waals surface area contributed by atoms with E-state index in [0.29, 0.717) is 5.82 Å². The maximum Gasteiger partial charge on any atom is 0.222 e. The van der Waals surface area contributed by atoms with Crippen molar-refractivity contribution in [2.75, 3.05) is 11.1 Å². The van der Waals surface area contributed by atoms with Crippen molar-refractivity contribution < 1.29 is 0 Å². The first-order valence-corrected chi connectivity index (χ1v) is 8.51. The first-order chi connectivity index (χ1) is 12.7. The van der Waals surface area contributed by atoms with Crippen molar-refractivity contribution in [1.82, 2.24) is 20.2 Å². The Balaban J connectivity index is 0.000000206. The Kier molecular flexibility index (Phi) is 5.43. The minimum atomic E-state index is 0.243. The van der Waals surface area contributed by atoms with Crippen LogP contribution in [0.4, 0.5) is 17.6 Å². The summed E-state index contributed by atoms with van der Waals surface area (Å²) in [5.41, 5.74) is 8.82. The number of hydrogen-bond acceptors (Lipinski definition) is 5. The van der Waals surface area contributed by atoms with Gasteiger partial charge in [-0.1, -0.05) is 49.4 Å². The maximum absolute atomic E-state index is 5.70. The second-order valence-electron chi connectivity index (χ2n) is 5.83. The Morgan fingerprint density at radius 3 is 2.38 bits per heavy atom. The van der Waals surface area contributed by atoms with E-state index in [2.05, 4.69) is 56.7 Å². The van der Waals surface area contributed by atoms with Gasteiger partial charge in [-0.2, -0.15) is 10.1 Å². The molecule has 2 heterocycles. The van der Waals surface area contributed by atoms with Gasteiger partial charge in [-0.25, -0.2) is 4.98 Å². The summed E-state index contributed by atoms with van der Waals surface area (Å²) in [6, 6.07) is 20.0. The summed E-state index contributed by atoms with van der Waals surface area (Å²) < 4.78 is 0. The van der Waals surface area contributed by atoms with Crippen molar-refractivity contribution >= 4 is 28.5 Å². The zero-order valence-electron chi connectivity index (χ0n) is 14.9. The lowest BCUT2D eigenvalue weighted by molar-refractivity contribution is 1.05. The number of nitrogens with zero attached hydrogens (tertiary/aromatic N) is 3. The molecule has 0 saturated carbocycles. The molecule has 0 amide bonds. The molecule has 26 heavy (non-hydrogen) atoms. The predicted octanol–water partition coefficient (Wildman–Crippen LogP) is 4.24. The van der Waals surface area contributed by atoms with Crippen molar-refractivity contribution in [3.63, 3.8) is 0 Å². The normalized spacial score (nSPS) is 10.2. The number of aromatic amines is 1. The van der Waals surface area contributed by atoms with Crippen LogP contribution in [0.5, 0.6) is 0 Å². The minimum Gasteiger partial charge on any atom is -0.368 e. The first-order valence-electron chi connectivity index (χ1n) is 8.51. The number of nitrogens with two attached hydrogens (primary N) is 1. The van der Waals surface area contributed by atoms with Gasteiger partial charge < -0.3 is 11.1 Å². The van der Waals surface area contributed by atoms with Gasteiger partial charge in [-0.05, 0) is 31.0 Å². The predicted molar refractivity (Wildman–Crippen MR) is 106 cm³/mol. The number of para-hydroxylation sites is 1. The molecule has 0 spiro atoms.